The minimum absolute atomic E-state index is 0.129. The van der Waals surface area contributed by atoms with Crippen molar-refractivity contribution in [2.24, 2.45) is 0 Å². The molecule has 0 aliphatic heterocycles. The molecule has 0 atom stereocenters. The van der Waals surface area contributed by atoms with Crippen LogP contribution in [0.5, 0.6) is 0 Å². The van der Waals surface area contributed by atoms with E-state index in [0.717, 1.165) is 0 Å². The van der Waals surface area contributed by atoms with E-state index >= 15 is 0 Å². The summed E-state index contributed by atoms with van der Waals surface area (Å²) in [5.74, 6) is -0.437. The molecule has 0 aliphatic rings. The van der Waals surface area contributed by atoms with Crippen LogP contribution in [-0.4, -0.2) is 44.2 Å². The summed E-state index contributed by atoms with van der Waals surface area (Å²) in [6, 6.07) is 0. The lowest BCUT2D eigenvalue weighted by molar-refractivity contribution is -0.140. The highest BCUT2D eigenvalue weighted by molar-refractivity contribution is 6.63. The molecule has 0 amide bonds. The third kappa shape index (κ3) is 9.64. The lowest BCUT2D eigenvalue weighted by Gasteiger charge is -2.05. The van der Waals surface area contributed by atoms with Crippen LogP contribution in [0.1, 0.15) is 6.92 Å². The maximum absolute atomic E-state index is 10.9. The third-order valence-electron chi connectivity index (χ3n) is 1.40. The molecule has 16 heavy (non-hydrogen) atoms. The lowest BCUT2D eigenvalue weighted by atomic mass is 10.4. The largest absolute Gasteiger partial charge is 0.460 e. The van der Waals surface area contributed by atoms with E-state index in [1.54, 1.807) is 6.92 Å². The molecule has 0 aromatic rings. The fourth-order valence-electron chi connectivity index (χ4n) is 0.689. The maximum Gasteiger partial charge on any atom is 0.333 e. The van der Waals surface area contributed by atoms with Crippen LogP contribution in [-0.2, 0) is 23.8 Å². The smallest absolute Gasteiger partial charge is 0.333 e. The van der Waals surface area contributed by atoms with Gasteiger partial charge in [-0.1, -0.05) is 6.58 Å². The van der Waals surface area contributed by atoms with Crippen LogP contribution in [0.4, 0.5) is 0 Å². The van der Waals surface area contributed by atoms with Crippen LogP contribution in [0, 0.1) is 0 Å². The molecule has 0 spiro atoms. The Morgan fingerprint density at radius 3 is 2.25 bits per heavy atom. The quantitative estimate of drug-likeness (QED) is 0.263. The van der Waals surface area contributed by atoms with Crippen molar-refractivity contribution in [3.63, 3.8) is 0 Å². The molecule has 0 N–H and O–H groups in total. The van der Waals surface area contributed by atoms with E-state index in [0.29, 0.717) is 12.2 Å². The highest BCUT2D eigenvalue weighted by atomic mass is 35.5. The average molecular weight is 251 g/mol. The molecular formula is C10H15ClO5. The zero-order valence-corrected chi connectivity index (χ0v) is 9.92. The summed E-state index contributed by atoms with van der Waals surface area (Å²) in [6.45, 7) is 5.90. The predicted molar refractivity (Wildman–Crippen MR) is 58.3 cm³/mol. The van der Waals surface area contributed by atoms with Crippen molar-refractivity contribution >= 4 is 22.8 Å². The Balaban J connectivity index is 3.19. The van der Waals surface area contributed by atoms with Crippen LogP contribution in [0.25, 0.3) is 0 Å². The van der Waals surface area contributed by atoms with E-state index < -0.39 is 11.2 Å². The standard InChI is InChI=1S/C10H15ClO5/c1-8(2)10(13)16-6-5-14-3-4-15-7-9(11)12/h1,3-7H2,2H3. The molecule has 5 nitrogen and oxygen atoms in total. The SMILES string of the molecule is C=C(C)C(=O)OCCOCCOCC(=O)Cl. The van der Waals surface area contributed by atoms with Crippen molar-refractivity contribution in [3.05, 3.63) is 12.2 Å². The first-order chi connectivity index (χ1) is 7.54. The van der Waals surface area contributed by atoms with Crippen molar-refractivity contribution in [1.29, 1.82) is 0 Å². The first kappa shape index (κ1) is 15.1. The second kappa shape index (κ2) is 9.33. The van der Waals surface area contributed by atoms with Crippen LogP contribution < -0.4 is 0 Å². The number of ether oxygens (including phenoxy) is 3. The van der Waals surface area contributed by atoms with E-state index in [9.17, 15) is 9.59 Å². The maximum atomic E-state index is 10.9. The van der Waals surface area contributed by atoms with Crippen LogP contribution in [0.2, 0.25) is 0 Å². The zero-order valence-electron chi connectivity index (χ0n) is 9.16. The van der Waals surface area contributed by atoms with E-state index in [1.807, 2.05) is 0 Å². The Kier molecular flexibility index (Phi) is 8.80. The van der Waals surface area contributed by atoms with Gasteiger partial charge in [0.25, 0.3) is 0 Å². The van der Waals surface area contributed by atoms with Gasteiger partial charge in [0.2, 0.25) is 5.24 Å². The van der Waals surface area contributed by atoms with E-state index in [2.05, 4.69) is 6.58 Å². The highest BCUT2D eigenvalue weighted by Crippen LogP contribution is 1.91. The molecule has 0 bridgehead atoms. The lowest BCUT2D eigenvalue weighted by Crippen LogP contribution is -2.14. The van der Waals surface area contributed by atoms with Gasteiger partial charge in [-0.15, -0.1) is 0 Å². The third-order valence-corrected chi connectivity index (χ3v) is 1.51. The second-order valence-corrected chi connectivity index (χ2v) is 3.36. The number of rotatable bonds is 9. The van der Waals surface area contributed by atoms with Gasteiger partial charge in [-0.05, 0) is 18.5 Å². The van der Waals surface area contributed by atoms with Crippen molar-refractivity contribution in [2.45, 2.75) is 6.92 Å². The first-order valence-electron chi connectivity index (χ1n) is 4.70. The van der Waals surface area contributed by atoms with Gasteiger partial charge < -0.3 is 14.2 Å². The summed E-state index contributed by atoms with van der Waals surface area (Å²) in [7, 11) is 0. The number of hydrogen-bond acceptors (Lipinski definition) is 5. The number of esters is 1. The monoisotopic (exact) mass is 250 g/mol. The van der Waals surface area contributed by atoms with Gasteiger partial charge in [-0.3, -0.25) is 4.79 Å². The Morgan fingerprint density at radius 1 is 1.12 bits per heavy atom. The molecule has 0 radical (unpaired) electrons. The highest BCUT2D eigenvalue weighted by Gasteiger charge is 2.01. The fourth-order valence-corrected chi connectivity index (χ4v) is 0.766. The molecule has 0 saturated carbocycles. The Labute approximate surface area is 99.3 Å². The normalized spacial score (nSPS) is 9.88. The van der Waals surface area contributed by atoms with Crippen LogP contribution in [0.3, 0.4) is 0 Å². The number of carbonyl (C=O) groups is 2. The molecule has 0 aromatic carbocycles. The summed E-state index contributed by atoms with van der Waals surface area (Å²) in [6.07, 6.45) is 0. The second-order valence-electron chi connectivity index (χ2n) is 2.94. The van der Waals surface area contributed by atoms with Gasteiger partial charge in [0.05, 0.1) is 19.8 Å². The molecule has 0 aromatic heterocycles. The average Bonchev–Trinajstić information content (AvgIpc) is 2.21. The molecule has 6 heteroatoms. The molecule has 0 rings (SSSR count). The molecule has 0 fully saturated rings. The molecule has 0 unspecified atom stereocenters. The van der Waals surface area contributed by atoms with Gasteiger partial charge >= 0.3 is 5.97 Å². The van der Waals surface area contributed by atoms with Crippen molar-refractivity contribution in [3.8, 4) is 0 Å². The van der Waals surface area contributed by atoms with Gasteiger partial charge in [-0.25, -0.2) is 4.79 Å². The Hall–Kier alpha value is -0.910. The summed E-state index contributed by atoms with van der Waals surface area (Å²) < 4.78 is 14.7. The number of hydrogen-bond donors (Lipinski definition) is 0. The number of carbonyl (C=O) groups excluding carboxylic acids is 2. The first-order valence-corrected chi connectivity index (χ1v) is 5.08. The topological polar surface area (TPSA) is 61.8 Å². The molecule has 0 heterocycles. The summed E-state index contributed by atoms with van der Waals surface area (Å²) >= 11 is 5.03. The molecule has 92 valence electrons. The van der Waals surface area contributed by atoms with E-state index in [4.69, 9.17) is 25.8 Å². The van der Waals surface area contributed by atoms with Gasteiger partial charge in [-0.2, -0.15) is 0 Å². The minimum Gasteiger partial charge on any atom is -0.460 e. The predicted octanol–water partition coefficient (Wildman–Crippen LogP) is 0.904. The Morgan fingerprint density at radius 2 is 1.69 bits per heavy atom. The summed E-state index contributed by atoms with van der Waals surface area (Å²) in [5.41, 5.74) is 0.351. The molecule has 0 saturated heterocycles. The summed E-state index contributed by atoms with van der Waals surface area (Å²) in [5, 5.41) is -0.546. The van der Waals surface area contributed by atoms with E-state index in [1.165, 1.54) is 0 Å². The van der Waals surface area contributed by atoms with Gasteiger partial charge in [0.15, 0.2) is 0 Å². The van der Waals surface area contributed by atoms with Crippen molar-refractivity contribution in [2.75, 3.05) is 33.0 Å². The van der Waals surface area contributed by atoms with Gasteiger partial charge in [0, 0.05) is 5.57 Å². The van der Waals surface area contributed by atoms with Crippen LogP contribution in [0.15, 0.2) is 12.2 Å². The van der Waals surface area contributed by atoms with Gasteiger partial charge in [0.1, 0.15) is 13.2 Å². The molecule has 0 aliphatic carbocycles. The van der Waals surface area contributed by atoms with Crippen LogP contribution >= 0.6 is 11.6 Å². The van der Waals surface area contributed by atoms with Crippen molar-refractivity contribution in [1.82, 2.24) is 0 Å². The Bertz CT molecular complexity index is 252. The minimum atomic E-state index is -0.546. The van der Waals surface area contributed by atoms with E-state index in [-0.39, 0.29) is 26.4 Å². The molecular weight excluding hydrogens is 236 g/mol. The number of halogens is 1. The fraction of sp³-hybridized carbons (Fsp3) is 0.600. The van der Waals surface area contributed by atoms with Crippen molar-refractivity contribution < 1.29 is 23.8 Å². The summed E-state index contributed by atoms with van der Waals surface area (Å²) in [4.78, 5) is 21.2. The zero-order chi connectivity index (χ0) is 12.4.